The fraction of sp³-hybridized carbons (Fsp3) is 0. The Morgan fingerprint density at radius 1 is 1.91 bits per heavy atom. The second kappa shape index (κ2) is 2.78. The minimum absolute atomic E-state index is 0.0671. The molecule has 0 amide bonds. The first kappa shape index (κ1) is 7.19. The molecule has 1 rings (SSSR count). The SMILES string of the molecule is O=[N+]([O-])/C(=N/O)c1cnc[nH]1. The highest BCUT2D eigenvalue weighted by Gasteiger charge is 2.17. The zero-order valence-electron chi connectivity index (χ0n) is 5.26. The second-order valence-electron chi connectivity index (χ2n) is 1.65. The minimum atomic E-state index is -0.812. The van der Waals surface area contributed by atoms with Crippen LogP contribution in [-0.2, 0) is 0 Å². The van der Waals surface area contributed by atoms with Gasteiger partial charge in [0.25, 0.3) is 0 Å². The highest BCUT2D eigenvalue weighted by Crippen LogP contribution is 1.94. The summed E-state index contributed by atoms with van der Waals surface area (Å²) in [5.41, 5.74) is 0.0671. The Labute approximate surface area is 60.5 Å². The van der Waals surface area contributed by atoms with E-state index in [0.29, 0.717) is 0 Å². The van der Waals surface area contributed by atoms with Gasteiger partial charge in [0, 0.05) is 0 Å². The lowest BCUT2D eigenvalue weighted by Crippen LogP contribution is -2.13. The number of nitro groups is 1. The van der Waals surface area contributed by atoms with Crippen molar-refractivity contribution in [1.82, 2.24) is 9.97 Å². The molecule has 2 N–H and O–H groups in total. The predicted octanol–water partition coefficient (Wildman–Crippen LogP) is -0.178. The Morgan fingerprint density at radius 2 is 2.64 bits per heavy atom. The number of oxime groups is 1. The lowest BCUT2D eigenvalue weighted by Gasteiger charge is -1.89. The molecule has 7 heteroatoms. The van der Waals surface area contributed by atoms with Gasteiger partial charge in [0.15, 0.2) is 10.8 Å². The van der Waals surface area contributed by atoms with Crippen LogP contribution in [0.3, 0.4) is 0 Å². The van der Waals surface area contributed by atoms with Crippen molar-refractivity contribution >= 4 is 5.84 Å². The summed E-state index contributed by atoms with van der Waals surface area (Å²) in [6.45, 7) is 0. The van der Waals surface area contributed by atoms with Gasteiger partial charge in [0.05, 0.1) is 12.5 Å². The molecule has 0 spiro atoms. The van der Waals surface area contributed by atoms with Crippen LogP contribution in [0.2, 0.25) is 0 Å². The number of imidazole rings is 1. The van der Waals surface area contributed by atoms with E-state index in [1.165, 1.54) is 12.5 Å². The zero-order chi connectivity index (χ0) is 8.27. The number of aromatic nitrogens is 2. The third-order valence-electron chi connectivity index (χ3n) is 1.01. The molecule has 1 heterocycles. The molecule has 0 saturated carbocycles. The van der Waals surface area contributed by atoms with Crippen molar-refractivity contribution in [2.75, 3.05) is 0 Å². The van der Waals surface area contributed by atoms with Crippen LogP contribution in [0.1, 0.15) is 5.69 Å². The van der Waals surface area contributed by atoms with Crippen molar-refractivity contribution in [2.45, 2.75) is 0 Å². The lowest BCUT2D eigenvalue weighted by molar-refractivity contribution is -0.351. The van der Waals surface area contributed by atoms with E-state index < -0.39 is 10.8 Å². The van der Waals surface area contributed by atoms with Gasteiger partial charge in [0.2, 0.25) is 0 Å². The highest BCUT2D eigenvalue weighted by molar-refractivity contribution is 5.89. The molecular formula is C4H4N4O3. The summed E-state index contributed by atoms with van der Waals surface area (Å²) < 4.78 is 0. The van der Waals surface area contributed by atoms with Crippen molar-refractivity contribution in [3.8, 4) is 0 Å². The summed E-state index contributed by atoms with van der Waals surface area (Å²) in [5.74, 6) is -0.650. The number of nitrogens with one attached hydrogen (secondary N) is 1. The van der Waals surface area contributed by atoms with Gasteiger partial charge in [-0.2, -0.15) is 0 Å². The summed E-state index contributed by atoms with van der Waals surface area (Å²) >= 11 is 0. The van der Waals surface area contributed by atoms with E-state index >= 15 is 0 Å². The first-order valence-corrected chi connectivity index (χ1v) is 2.61. The average molecular weight is 156 g/mol. The lowest BCUT2D eigenvalue weighted by atomic mass is 10.4. The molecule has 0 aromatic carbocycles. The normalized spacial score (nSPS) is 11.5. The van der Waals surface area contributed by atoms with Gasteiger partial charge in [-0.25, -0.2) is 4.98 Å². The van der Waals surface area contributed by atoms with E-state index in [1.807, 2.05) is 0 Å². The van der Waals surface area contributed by atoms with Crippen molar-refractivity contribution < 1.29 is 10.1 Å². The molecule has 0 aliphatic carbocycles. The Bertz CT molecular complexity index is 278. The van der Waals surface area contributed by atoms with Crippen LogP contribution in [0.5, 0.6) is 0 Å². The number of hydrogen-bond donors (Lipinski definition) is 2. The predicted molar refractivity (Wildman–Crippen MR) is 33.9 cm³/mol. The molecule has 7 nitrogen and oxygen atoms in total. The van der Waals surface area contributed by atoms with Gasteiger partial charge in [-0.3, -0.25) is 0 Å². The third-order valence-corrected chi connectivity index (χ3v) is 1.01. The monoisotopic (exact) mass is 156 g/mol. The fourth-order valence-corrected chi connectivity index (χ4v) is 0.567. The van der Waals surface area contributed by atoms with Crippen LogP contribution in [-0.4, -0.2) is 25.9 Å². The maximum absolute atomic E-state index is 10.1. The van der Waals surface area contributed by atoms with Crippen LogP contribution in [0.25, 0.3) is 0 Å². The Kier molecular flexibility index (Phi) is 1.81. The van der Waals surface area contributed by atoms with Crippen LogP contribution < -0.4 is 0 Å². The highest BCUT2D eigenvalue weighted by atomic mass is 16.6. The van der Waals surface area contributed by atoms with E-state index in [-0.39, 0.29) is 5.69 Å². The molecule has 0 aliphatic heterocycles. The van der Waals surface area contributed by atoms with Gasteiger partial charge in [-0.15, -0.1) is 0 Å². The molecule has 1 aromatic heterocycles. The second-order valence-corrected chi connectivity index (χ2v) is 1.65. The number of H-pyrrole nitrogens is 1. The van der Waals surface area contributed by atoms with Crippen molar-refractivity contribution in [2.24, 2.45) is 5.16 Å². The quantitative estimate of drug-likeness (QED) is 0.193. The van der Waals surface area contributed by atoms with Gasteiger partial charge in [0.1, 0.15) is 0 Å². The molecule has 0 unspecified atom stereocenters. The number of hydrogen-bond acceptors (Lipinski definition) is 5. The first-order chi connectivity index (χ1) is 5.25. The number of aromatic amines is 1. The Hall–Kier alpha value is -1.92. The van der Waals surface area contributed by atoms with Crippen molar-refractivity contribution in [3.05, 3.63) is 28.3 Å². The molecule has 11 heavy (non-hydrogen) atoms. The molecule has 0 saturated heterocycles. The van der Waals surface area contributed by atoms with E-state index in [4.69, 9.17) is 5.21 Å². The summed E-state index contributed by atoms with van der Waals surface area (Å²) in [4.78, 5) is 15.2. The summed E-state index contributed by atoms with van der Waals surface area (Å²) in [7, 11) is 0. The van der Waals surface area contributed by atoms with Crippen molar-refractivity contribution in [3.63, 3.8) is 0 Å². The maximum atomic E-state index is 10.1. The van der Waals surface area contributed by atoms with Gasteiger partial charge in [-0.1, -0.05) is 0 Å². The Balaban J connectivity index is 2.99. The summed E-state index contributed by atoms with van der Waals surface area (Å²) in [5, 5.41) is 20.7. The van der Waals surface area contributed by atoms with E-state index in [1.54, 1.807) is 0 Å². The topological polar surface area (TPSA) is 104 Å². The van der Waals surface area contributed by atoms with Crippen LogP contribution >= 0.6 is 0 Å². The maximum Gasteiger partial charge on any atom is 0.434 e. The minimum Gasteiger partial charge on any atom is -0.358 e. The van der Waals surface area contributed by atoms with Crippen LogP contribution in [0, 0.1) is 10.1 Å². The third kappa shape index (κ3) is 1.31. The fourth-order valence-electron chi connectivity index (χ4n) is 0.567. The smallest absolute Gasteiger partial charge is 0.358 e. The summed E-state index contributed by atoms with van der Waals surface area (Å²) in [6.07, 6.45) is 2.45. The molecule has 58 valence electrons. The average Bonchev–Trinajstić information content (AvgIpc) is 2.40. The van der Waals surface area contributed by atoms with Crippen LogP contribution in [0.15, 0.2) is 17.7 Å². The van der Waals surface area contributed by atoms with Gasteiger partial charge < -0.3 is 20.3 Å². The molecule has 0 fully saturated rings. The number of amidine groups is 1. The standard InChI is InChI=1S/C4H4N4O3/c9-7-4(8(10)11)3-1-5-2-6-3/h1-2,9H,(H,5,6)/b7-4+. The van der Waals surface area contributed by atoms with Crippen LogP contribution in [0.4, 0.5) is 0 Å². The molecule has 0 radical (unpaired) electrons. The van der Waals surface area contributed by atoms with E-state index in [0.717, 1.165) is 0 Å². The zero-order valence-corrected chi connectivity index (χ0v) is 5.26. The van der Waals surface area contributed by atoms with E-state index in [2.05, 4.69) is 15.1 Å². The van der Waals surface area contributed by atoms with Crippen molar-refractivity contribution in [1.29, 1.82) is 0 Å². The van der Waals surface area contributed by atoms with Gasteiger partial charge >= 0.3 is 5.84 Å². The first-order valence-electron chi connectivity index (χ1n) is 2.61. The molecular weight excluding hydrogens is 152 g/mol. The molecule has 0 aliphatic rings. The Morgan fingerprint density at radius 3 is 3.00 bits per heavy atom. The summed E-state index contributed by atoms with van der Waals surface area (Å²) in [6, 6.07) is 0. The largest absolute Gasteiger partial charge is 0.434 e. The number of rotatable bonds is 1. The molecule has 1 aromatic rings. The number of nitrogens with zero attached hydrogens (tertiary/aromatic N) is 3. The van der Waals surface area contributed by atoms with E-state index in [9.17, 15) is 10.1 Å². The van der Waals surface area contributed by atoms with Gasteiger partial charge in [-0.05, 0) is 4.92 Å². The molecule has 0 bridgehead atoms. The molecule has 0 atom stereocenters.